The fraction of sp³-hybridized carbons (Fsp3) is 0.900. The molecule has 0 aromatic carbocycles. The van der Waals surface area contributed by atoms with Crippen LogP contribution in [0.3, 0.4) is 0 Å². The molecule has 3 saturated heterocycles. The smallest absolute Gasteiger partial charge is 0.341 e. The van der Waals surface area contributed by atoms with Gasteiger partial charge in [-0.3, -0.25) is 4.79 Å². The summed E-state index contributed by atoms with van der Waals surface area (Å²) in [6, 6.07) is 0. The van der Waals surface area contributed by atoms with Crippen molar-refractivity contribution < 1.29 is 43.9 Å². The van der Waals surface area contributed by atoms with E-state index in [0.717, 1.165) is 0 Å². The molecule has 5 aliphatic rings. The van der Waals surface area contributed by atoms with Gasteiger partial charge in [0.1, 0.15) is 17.8 Å². The second kappa shape index (κ2) is 5.31. The maximum atomic E-state index is 12.9. The van der Waals surface area contributed by atoms with Crippen LogP contribution in [0.15, 0.2) is 0 Å². The number of hydrogen-bond acceptors (Lipinski definition) is 9. The van der Waals surface area contributed by atoms with Crippen LogP contribution in [-0.4, -0.2) is 81.7 Å². The number of ether oxygens (including phenoxy) is 4. The highest BCUT2D eigenvalue weighted by Crippen LogP contribution is 2.74. The first-order chi connectivity index (χ1) is 13.4. The summed E-state index contributed by atoms with van der Waals surface area (Å²) in [6.07, 6.45) is -4.25. The first-order valence-electron chi connectivity index (χ1n) is 10.2. The van der Waals surface area contributed by atoms with Gasteiger partial charge in [-0.15, -0.1) is 0 Å². The van der Waals surface area contributed by atoms with E-state index in [1.54, 1.807) is 0 Å². The van der Waals surface area contributed by atoms with Gasteiger partial charge in [-0.05, 0) is 12.8 Å². The minimum atomic E-state index is -2.08. The van der Waals surface area contributed by atoms with Gasteiger partial charge in [0, 0.05) is 24.9 Å². The van der Waals surface area contributed by atoms with E-state index in [1.165, 1.54) is 14.0 Å². The second-order valence-electron chi connectivity index (χ2n) is 9.92. The highest BCUT2D eigenvalue weighted by Gasteiger charge is 2.90. The number of carbonyl (C=O) groups is 2. The normalized spacial score (nSPS) is 58.2. The van der Waals surface area contributed by atoms with Crippen LogP contribution in [0.25, 0.3) is 0 Å². The van der Waals surface area contributed by atoms with Crippen LogP contribution in [0.2, 0.25) is 0 Å². The molecule has 0 unspecified atom stereocenters. The number of esters is 2. The van der Waals surface area contributed by atoms with Crippen LogP contribution in [-0.2, 0) is 28.5 Å². The molecule has 2 saturated carbocycles. The van der Waals surface area contributed by atoms with E-state index < -0.39 is 76.5 Å². The minimum absolute atomic E-state index is 0.182. The summed E-state index contributed by atoms with van der Waals surface area (Å²) >= 11 is 0. The molecule has 3 heterocycles. The molecule has 5 fully saturated rings. The van der Waals surface area contributed by atoms with E-state index in [2.05, 4.69) is 0 Å². The number of hydrogen-bond donors (Lipinski definition) is 3. The van der Waals surface area contributed by atoms with E-state index in [4.69, 9.17) is 18.9 Å². The minimum Gasteiger partial charge on any atom is -0.456 e. The molecule has 0 aromatic heterocycles. The van der Waals surface area contributed by atoms with Gasteiger partial charge in [0.2, 0.25) is 0 Å². The Morgan fingerprint density at radius 1 is 1.17 bits per heavy atom. The van der Waals surface area contributed by atoms with Crippen LogP contribution in [0.4, 0.5) is 0 Å². The first kappa shape index (κ1) is 19.7. The van der Waals surface area contributed by atoms with Gasteiger partial charge in [0.15, 0.2) is 17.3 Å². The second-order valence-corrected chi connectivity index (χ2v) is 9.92. The maximum absolute atomic E-state index is 12.9. The molecule has 9 nitrogen and oxygen atoms in total. The molecule has 3 aliphatic heterocycles. The average Bonchev–Trinajstić information content (AvgIpc) is 3.28. The van der Waals surface area contributed by atoms with Crippen molar-refractivity contribution in [1.82, 2.24) is 0 Å². The Hall–Kier alpha value is -1.26. The van der Waals surface area contributed by atoms with Crippen LogP contribution in [0, 0.1) is 23.2 Å². The standard InChI is InChI=1S/C20H28O9/c1-7(2)20(25)10-9-11-12(27-11)19(6-18(24,8(3)21)16(23)29-19)17(9,4)13(26-5)14(20)28-15(10)22/h7-14,21,24-25H,6H2,1-5H3/t8-,9-,10-,11-,12-,13-,14-,17+,18-,19-,20-/m1/s1. The summed E-state index contributed by atoms with van der Waals surface area (Å²) in [6.45, 7) is 6.84. The van der Waals surface area contributed by atoms with Crippen molar-refractivity contribution in [2.24, 2.45) is 23.2 Å². The third-order valence-electron chi connectivity index (χ3n) is 8.65. The van der Waals surface area contributed by atoms with Gasteiger partial charge in [0.05, 0.1) is 18.1 Å². The van der Waals surface area contributed by atoms with E-state index in [0.29, 0.717) is 0 Å². The molecule has 5 rings (SSSR count). The Kier molecular flexibility index (Phi) is 3.61. The summed E-state index contributed by atoms with van der Waals surface area (Å²) < 4.78 is 23.2. The van der Waals surface area contributed by atoms with Gasteiger partial charge in [0.25, 0.3) is 0 Å². The third kappa shape index (κ3) is 1.82. The predicted octanol–water partition coefficient (Wildman–Crippen LogP) is -0.855. The summed E-state index contributed by atoms with van der Waals surface area (Å²) in [5.74, 6) is -3.11. The van der Waals surface area contributed by atoms with Crippen LogP contribution in [0.1, 0.15) is 34.1 Å². The van der Waals surface area contributed by atoms with E-state index in [-0.39, 0.29) is 12.3 Å². The van der Waals surface area contributed by atoms with Crippen molar-refractivity contribution in [3.63, 3.8) is 0 Å². The molecule has 0 radical (unpaired) electrons. The van der Waals surface area contributed by atoms with Gasteiger partial charge in [-0.25, -0.2) is 4.79 Å². The third-order valence-corrected chi connectivity index (χ3v) is 8.65. The van der Waals surface area contributed by atoms with Crippen molar-refractivity contribution in [2.45, 2.75) is 81.4 Å². The summed E-state index contributed by atoms with van der Waals surface area (Å²) in [5, 5.41) is 32.6. The van der Waals surface area contributed by atoms with Crippen molar-refractivity contribution in [2.75, 3.05) is 7.11 Å². The monoisotopic (exact) mass is 412 g/mol. The van der Waals surface area contributed by atoms with Crippen LogP contribution >= 0.6 is 0 Å². The van der Waals surface area contributed by atoms with Gasteiger partial charge < -0.3 is 34.3 Å². The van der Waals surface area contributed by atoms with Crippen LogP contribution in [0.5, 0.6) is 0 Å². The molecule has 162 valence electrons. The topological polar surface area (TPSA) is 135 Å². The van der Waals surface area contributed by atoms with Crippen molar-refractivity contribution in [3.8, 4) is 0 Å². The fourth-order valence-corrected chi connectivity index (χ4v) is 6.98. The van der Waals surface area contributed by atoms with Crippen molar-refractivity contribution >= 4 is 11.9 Å². The number of methoxy groups -OCH3 is 1. The van der Waals surface area contributed by atoms with Gasteiger partial charge in [-0.1, -0.05) is 20.8 Å². The Balaban J connectivity index is 1.69. The average molecular weight is 412 g/mol. The summed E-state index contributed by atoms with van der Waals surface area (Å²) in [5.41, 5.74) is -5.79. The first-order valence-corrected chi connectivity index (χ1v) is 10.2. The highest BCUT2D eigenvalue weighted by atomic mass is 16.7. The number of fused-ring (bicyclic) bond motifs is 8. The summed E-state index contributed by atoms with van der Waals surface area (Å²) in [4.78, 5) is 25.6. The largest absolute Gasteiger partial charge is 0.456 e. The lowest BCUT2D eigenvalue weighted by atomic mass is 9.50. The van der Waals surface area contributed by atoms with Crippen molar-refractivity contribution in [3.05, 3.63) is 0 Å². The Morgan fingerprint density at radius 3 is 2.34 bits per heavy atom. The van der Waals surface area contributed by atoms with Crippen molar-refractivity contribution in [1.29, 1.82) is 0 Å². The molecule has 3 N–H and O–H groups in total. The highest BCUT2D eigenvalue weighted by molar-refractivity contribution is 5.84. The molecule has 1 spiro atoms. The zero-order valence-corrected chi connectivity index (χ0v) is 17.1. The number of aliphatic hydroxyl groups is 3. The Labute approximate surface area is 168 Å². The molecular formula is C20H28O9. The predicted molar refractivity (Wildman–Crippen MR) is 94.3 cm³/mol. The Bertz CT molecular complexity index is 797. The number of carbonyl (C=O) groups excluding carboxylic acids is 2. The zero-order chi connectivity index (χ0) is 21.3. The molecule has 2 bridgehead atoms. The maximum Gasteiger partial charge on any atom is 0.341 e. The lowest BCUT2D eigenvalue weighted by Crippen LogP contribution is -2.71. The fourth-order valence-electron chi connectivity index (χ4n) is 6.98. The molecule has 0 aromatic rings. The lowest BCUT2D eigenvalue weighted by molar-refractivity contribution is -0.264. The Morgan fingerprint density at radius 2 is 1.83 bits per heavy atom. The molecule has 29 heavy (non-hydrogen) atoms. The van der Waals surface area contributed by atoms with Gasteiger partial charge >= 0.3 is 11.9 Å². The van der Waals surface area contributed by atoms with E-state index >= 15 is 0 Å². The molecule has 0 amide bonds. The lowest BCUT2D eigenvalue weighted by Gasteiger charge is -2.57. The SMILES string of the molecule is CO[C@@H]1[C@H]2OC(=O)[C@@H]([C@@H]3[C@H]4O[C@H]4[C@]4(C[C@@](O)([C@@H](C)O)C(=O)O4)[C@@]31C)[C@]2(O)C(C)C. The van der Waals surface area contributed by atoms with E-state index in [1.807, 2.05) is 20.8 Å². The summed E-state index contributed by atoms with van der Waals surface area (Å²) in [7, 11) is 1.47. The van der Waals surface area contributed by atoms with Crippen LogP contribution < -0.4 is 0 Å². The number of aliphatic hydroxyl groups excluding tert-OH is 1. The number of epoxide rings is 1. The quantitative estimate of drug-likeness (QED) is 0.400. The molecule has 11 atom stereocenters. The van der Waals surface area contributed by atoms with Gasteiger partial charge in [-0.2, -0.15) is 0 Å². The molecular weight excluding hydrogens is 384 g/mol. The zero-order valence-electron chi connectivity index (χ0n) is 17.1. The molecule has 9 heteroatoms. The van der Waals surface area contributed by atoms with E-state index in [9.17, 15) is 24.9 Å². The number of rotatable bonds is 3. The molecule has 2 aliphatic carbocycles.